The summed E-state index contributed by atoms with van der Waals surface area (Å²) in [5.74, 6) is -2.23. The molecule has 564 valence electrons. The molecular formula is C79H136O17P2. The lowest BCUT2D eigenvalue weighted by Gasteiger charge is -2.21. The number of hydrogen-bond acceptors (Lipinski definition) is 15. The maximum atomic E-state index is 13.1. The lowest BCUT2D eigenvalue weighted by molar-refractivity contribution is -0.161. The van der Waals surface area contributed by atoms with Gasteiger partial charge in [-0.2, -0.15) is 0 Å². The molecule has 0 aromatic heterocycles. The Balaban J connectivity index is 5.38. The molecule has 0 aromatic carbocycles. The van der Waals surface area contributed by atoms with Crippen LogP contribution >= 0.6 is 15.6 Å². The van der Waals surface area contributed by atoms with Gasteiger partial charge in [-0.15, -0.1) is 0 Å². The van der Waals surface area contributed by atoms with Gasteiger partial charge in [0.2, 0.25) is 0 Å². The molecule has 5 atom stereocenters. The Kier molecular flexibility index (Phi) is 68.0. The van der Waals surface area contributed by atoms with Crippen LogP contribution in [0, 0.1) is 0 Å². The Labute approximate surface area is 594 Å². The van der Waals surface area contributed by atoms with E-state index in [1.807, 2.05) is 0 Å². The zero-order valence-corrected chi connectivity index (χ0v) is 63.2. The Morgan fingerprint density at radius 3 is 0.867 bits per heavy atom. The van der Waals surface area contributed by atoms with Crippen molar-refractivity contribution in [2.24, 2.45) is 0 Å². The number of hydrogen-bond donors (Lipinski definition) is 3. The summed E-state index contributed by atoms with van der Waals surface area (Å²) in [6.45, 7) is 4.53. The SMILES string of the molecule is CC/C=C\C/C=C\C/C=C\CCCCCCCC(=O)OCC(COP(=O)(O)OCC(O)COP(=O)(O)OCC(COC(=O)CCCCCCC/C=C\C/C=C\C/C=C\CC)OC(=O)CCCCCCC/C=C\CCCCCCCC)OC(=O)CCCCCCC/C=C\C/C=C\CCC. The van der Waals surface area contributed by atoms with E-state index < -0.39 is 97.5 Å². The number of esters is 4. The molecule has 0 aliphatic carbocycles. The number of aliphatic hydroxyl groups excluding tert-OH is 1. The standard InChI is InChI=1S/C79H136O17P2/c1-5-9-13-17-21-25-29-33-36-40-43-47-51-55-59-63-76(81)89-69-74(95-78(83)65-61-57-53-49-45-39-32-28-24-20-16-12-8-4)71-93-97(85,86)91-67-73(80)68-92-98(87,88)94-72-75(96-79(84)66-62-58-54-50-46-42-38-35-31-27-23-19-15-11-7-3)70-90-77(82)64-60-56-52-48-44-41-37-34-30-26-22-18-14-10-6-2/h9-10,13-14,16,20-22,25-26,28,32-38,73-75,80H,5-8,11-12,15,17-19,23-24,27,29-31,39-72H2,1-4H3,(H,85,86)(H,87,88)/b13-9-,14-10-,20-16-,25-21-,26-22-,32-28-,36-33-,37-34-,38-35-. The van der Waals surface area contributed by atoms with Gasteiger partial charge in [0.1, 0.15) is 19.3 Å². The monoisotopic (exact) mass is 1420 g/mol. The van der Waals surface area contributed by atoms with E-state index in [0.717, 1.165) is 193 Å². The summed E-state index contributed by atoms with van der Waals surface area (Å²) in [6.07, 6.45) is 75.0. The first-order valence-electron chi connectivity index (χ1n) is 38.1. The van der Waals surface area contributed by atoms with Gasteiger partial charge in [0.25, 0.3) is 0 Å². The highest BCUT2D eigenvalue weighted by atomic mass is 31.2. The number of carbonyl (C=O) groups is 4. The normalized spacial score (nSPS) is 14.6. The van der Waals surface area contributed by atoms with Crippen molar-refractivity contribution in [2.45, 2.75) is 329 Å². The molecule has 0 aromatic rings. The van der Waals surface area contributed by atoms with Gasteiger partial charge in [0.05, 0.1) is 26.4 Å². The largest absolute Gasteiger partial charge is 0.472 e. The molecule has 0 heterocycles. The smallest absolute Gasteiger partial charge is 0.462 e. The van der Waals surface area contributed by atoms with Crippen molar-refractivity contribution in [1.29, 1.82) is 0 Å². The molecule has 0 rings (SSSR count). The molecule has 0 amide bonds. The van der Waals surface area contributed by atoms with Crippen molar-refractivity contribution in [3.8, 4) is 0 Å². The number of ether oxygens (including phenoxy) is 4. The molecule has 5 unspecified atom stereocenters. The van der Waals surface area contributed by atoms with E-state index in [9.17, 15) is 43.2 Å². The lowest BCUT2D eigenvalue weighted by Crippen LogP contribution is -2.30. The van der Waals surface area contributed by atoms with Gasteiger partial charge in [-0.3, -0.25) is 37.3 Å². The summed E-state index contributed by atoms with van der Waals surface area (Å²) in [5.41, 5.74) is 0. The molecule has 0 aliphatic heterocycles. The highest BCUT2D eigenvalue weighted by Gasteiger charge is 2.30. The lowest BCUT2D eigenvalue weighted by atomic mass is 10.1. The van der Waals surface area contributed by atoms with E-state index in [2.05, 4.69) is 137 Å². The highest BCUT2D eigenvalue weighted by Crippen LogP contribution is 2.45. The predicted octanol–water partition coefficient (Wildman–Crippen LogP) is 21.8. The summed E-state index contributed by atoms with van der Waals surface area (Å²) in [6, 6.07) is 0. The van der Waals surface area contributed by atoms with E-state index in [0.29, 0.717) is 25.7 Å². The van der Waals surface area contributed by atoms with Crippen molar-refractivity contribution in [2.75, 3.05) is 39.6 Å². The summed E-state index contributed by atoms with van der Waals surface area (Å²) < 4.78 is 68.4. The predicted molar refractivity (Wildman–Crippen MR) is 399 cm³/mol. The molecule has 0 fully saturated rings. The number of phosphoric ester groups is 2. The summed E-state index contributed by atoms with van der Waals surface area (Å²) in [7, 11) is -9.96. The van der Waals surface area contributed by atoms with Gasteiger partial charge in [-0.05, 0) is 141 Å². The number of unbranched alkanes of at least 4 members (excludes halogenated alkanes) is 27. The van der Waals surface area contributed by atoms with Crippen LogP contribution in [0.25, 0.3) is 0 Å². The first kappa shape index (κ1) is 93.7. The molecule has 0 saturated heterocycles. The van der Waals surface area contributed by atoms with Crippen LogP contribution in [0.5, 0.6) is 0 Å². The minimum Gasteiger partial charge on any atom is -0.462 e. The van der Waals surface area contributed by atoms with Gasteiger partial charge < -0.3 is 33.8 Å². The quantitative estimate of drug-likeness (QED) is 0.0169. The zero-order valence-electron chi connectivity index (χ0n) is 61.4. The van der Waals surface area contributed by atoms with Gasteiger partial charge in [-0.25, -0.2) is 9.13 Å². The van der Waals surface area contributed by atoms with Crippen molar-refractivity contribution >= 4 is 39.5 Å². The molecule has 0 spiro atoms. The molecule has 0 saturated carbocycles. The van der Waals surface area contributed by atoms with Crippen molar-refractivity contribution < 1.29 is 80.2 Å². The molecule has 3 N–H and O–H groups in total. The maximum Gasteiger partial charge on any atom is 0.472 e. The average molecular weight is 1420 g/mol. The van der Waals surface area contributed by atoms with Crippen LogP contribution < -0.4 is 0 Å². The van der Waals surface area contributed by atoms with Gasteiger partial charge in [-0.1, -0.05) is 253 Å². The highest BCUT2D eigenvalue weighted by molar-refractivity contribution is 7.47. The molecule has 0 aliphatic rings. The topological polar surface area (TPSA) is 237 Å². The molecular weight excluding hydrogens is 1280 g/mol. The van der Waals surface area contributed by atoms with Crippen molar-refractivity contribution in [3.63, 3.8) is 0 Å². The fourth-order valence-electron chi connectivity index (χ4n) is 9.93. The van der Waals surface area contributed by atoms with E-state index in [1.54, 1.807) is 0 Å². The van der Waals surface area contributed by atoms with Crippen LogP contribution in [0.3, 0.4) is 0 Å². The number of rotatable bonds is 71. The average Bonchev–Trinajstić information content (AvgIpc) is 0.959. The fourth-order valence-corrected chi connectivity index (χ4v) is 11.5. The van der Waals surface area contributed by atoms with Crippen molar-refractivity contribution in [3.05, 3.63) is 109 Å². The number of carbonyl (C=O) groups excluding carboxylic acids is 4. The fraction of sp³-hybridized carbons (Fsp3) is 0.722. The van der Waals surface area contributed by atoms with Crippen LogP contribution in [0.15, 0.2) is 109 Å². The zero-order chi connectivity index (χ0) is 71.8. The van der Waals surface area contributed by atoms with Crippen LogP contribution in [-0.4, -0.2) is 96.7 Å². The Morgan fingerprint density at radius 1 is 0.296 bits per heavy atom. The third kappa shape index (κ3) is 70.2. The molecule has 98 heavy (non-hydrogen) atoms. The first-order chi connectivity index (χ1) is 47.7. The van der Waals surface area contributed by atoms with Gasteiger partial charge >= 0.3 is 39.5 Å². The minimum absolute atomic E-state index is 0.0732. The molecule has 0 radical (unpaired) electrons. The van der Waals surface area contributed by atoms with Crippen LogP contribution in [0.2, 0.25) is 0 Å². The third-order valence-corrected chi connectivity index (χ3v) is 17.6. The summed E-state index contributed by atoms with van der Waals surface area (Å²) >= 11 is 0. The Bertz CT molecular complexity index is 2290. The van der Waals surface area contributed by atoms with Crippen LogP contribution in [-0.2, 0) is 65.4 Å². The third-order valence-electron chi connectivity index (χ3n) is 15.7. The number of aliphatic hydroxyl groups is 1. The van der Waals surface area contributed by atoms with E-state index in [1.165, 1.54) is 38.5 Å². The first-order valence-corrected chi connectivity index (χ1v) is 41.1. The Hall–Kier alpha value is -4.28. The number of allylic oxidation sites excluding steroid dienone is 18. The van der Waals surface area contributed by atoms with E-state index in [-0.39, 0.29) is 25.7 Å². The van der Waals surface area contributed by atoms with Crippen molar-refractivity contribution in [1.82, 2.24) is 0 Å². The summed E-state index contributed by atoms with van der Waals surface area (Å²) in [4.78, 5) is 72.8. The maximum absolute atomic E-state index is 13.1. The molecule has 17 nitrogen and oxygen atoms in total. The second-order valence-electron chi connectivity index (χ2n) is 25.2. The van der Waals surface area contributed by atoms with Gasteiger partial charge in [0, 0.05) is 25.7 Å². The molecule has 19 heteroatoms. The van der Waals surface area contributed by atoms with E-state index >= 15 is 0 Å². The molecule has 0 bridgehead atoms. The second-order valence-corrected chi connectivity index (χ2v) is 28.1. The summed E-state index contributed by atoms with van der Waals surface area (Å²) in [5, 5.41) is 10.6. The minimum atomic E-state index is -4.98. The second kappa shape index (κ2) is 71.1. The van der Waals surface area contributed by atoms with Gasteiger partial charge in [0.15, 0.2) is 12.2 Å². The number of phosphoric acid groups is 2. The Morgan fingerprint density at radius 2 is 0.551 bits per heavy atom. The van der Waals surface area contributed by atoms with Crippen LogP contribution in [0.1, 0.15) is 310 Å². The van der Waals surface area contributed by atoms with Crippen LogP contribution in [0.4, 0.5) is 0 Å². The van der Waals surface area contributed by atoms with E-state index in [4.69, 9.17) is 37.0 Å².